The van der Waals surface area contributed by atoms with Crippen LogP contribution in [-0.4, -0.2) is 32.0 Å². The van der Waals surface area contributed by atoms with Crippen molar-refractivity contribution in [3.8, 4) is 5.75 Å². The van der Waals surface area contributed by atoms with Crippen molar-refractivity contribution in [1.29, 1.82) is 0 Å². The molecule has 3 nitrogen and oxygen atoms in total. The Bertz CT molecular complexity index is 441. The van der Waals surface area contributed by atoms with Gasteiger partial charge in [0.25, 0.3) is 0 Å². The lowest BCUT2D eigenvalue weighted by molar-refractivity contribution is -0.175. The summed E-state index contributed by atoms with van der Waals surface area (Å²) in [5.74, 6) is 0.530. The van der Waals surface area contributed by atoms with Crippen molar-refractivity contribution < 1.29 is 22.6 Å². The van der Waals surface area contributed by atoms with Gasteiger partial charge in [0.05, 0.1) is 6.61 Å². The molecule has 0 aliphatic heterocycles. The van der Waals surface area contributed by atoms with Gasteiger partial charge in [-0.05, 0) is 25.0 Å². The quantitative estimate of drug-likeness (QED) is 0.743. The van der Waals surface area contributed by atoms with Gasteiger partial charge in [0, 0.05) is 16.6 Å². The topological polar surface area (TPSA) is 44.5 Å². The molecular weight excluding hydrogens is 307 g/mol. The highest BCUT2D eigenvalue weighted by molar-refractivity contribution is 6.31. The Kier molecular flexibility index (Phi) is 7.28. The molecule has 0 radical (unpaired) electrons. The van der Waals surface area contributed by atoms with Crippen LogP contribution in [-0.2, 0) is 11.2 Å². The molecule has 1 aromatic rings. The molecule has 7 heteroatoms. The largest absolute Gasteiger partial charge is 0.491 e. The normalized spacial score (nSPS) is 13.2. The fourth-order valence-corrected chi connectivity index (χ4v) is 1.92. The summed E-state index contributed by atoms with van der Waals surface area (Å²) in [6.45, 7) is 0.558. The Morgan fingerprint density at radius 3 is 2.62 bits per heavy atom. The van der Waals surface area contributed by atoms with Gasteiger partial charge in [-0.15, -0.1) is 0 Å². The molecule has 0 saturated carbocycles. The first-order valence-electron chi connectivity index (χ1n) is 6.63. The Hall–Kier alpha value is -0.980. The van der Waals surface area contributed by atoms with E-state index in [-0.39, 0.29) is 19.3 Å². The summed E-state index contributed by atoms with van der Waals surface area (Å²) >= 11 is 6.11. The van der Waals surface area contributed by atoms with Crippen molar-refractivity contribution in [2.24, 2.45) is 5.73 Å². The first-order valence-corrected chi connectivity index (χ1v) is 7.01. The first kappa shape index (κ1) is 18.1. The SMILES string of the molecule is CCC(N)Cc1c(Cl)cccc1OCCOCC(F)(F)F. The third-order valence-corrected chi connectivity index (χ3v) is 3.17. The van der Waals surface area contributed by atoms with Gasteiger partial charge in [0.1, 0.15) is 19.0 Å². The van der Waals surface area contributed by atoms with E-state index in [0.29, 0.717) is 17.2 Å². The van der Waals surface area contributed by atoms with Crippen LogP contribution in [0.4, 0.5) is 13.2 Å². The number of alkyl halides is 3. The molecule has 1 unspecified atom stereocenters. The van der Waals surface area contributed by atoms with E-state index >= 15 is 0 Å². The van der Waals surface area contributed by atoms with Crippen LogP contribution < -0.4 is 10.5 Å². The minimum absolute atomic E-state index is 0.0186. The second kappa shape index (κ2) is 8.46. The Labute approximate surface area is 127 Å². The standard InChI is InChI=1S/C14H19ClF3NO2/c1-2-10(19)8-11-12(15)4-3-5-13(11)21-7-6-20-9-14(16,17)18/h3-5,10H,2,6-9,19H2,1H3. The van der Waals surface area contributed by atoms with Crippen LogP contribution in [0.15, 0.2) is 18.2 Å². The second-order valence-electron chi connectivity index (χ2n) is 4.61. The fourth-order valence-electron chi connectivity index (χ4n) is 1.68. The average molecular weight is 326 g/mol. The molecule has 1 atom stereocenters. The number of hydrogen-bond acceptors (Lipinski definition) is 3. The lowest BCUT2D eigenvalue weighted by atomic mass is 10.0. The molecule has 0 aliphatic rings. The van der Waals surface area contributed by atoms with E-state index in [0.717, 1.165) is 12.0 Å². The second-order valence-corrected chi connectivity index (χ2v) is 5.01. The monoisotopic (exact) mass is 325 g/mol. The van der Waals surface area contributed by atoms with Crippen LogP contribution in [0.25, 0.3) is 0 Å². The van der Waals surface area contributed by atoms with Crippen molar-refractivity contribution >= 4 is 11.6 Å². The molecule has 0 amide bonds. The van der Waals surface area contributed by atoms with Gasteiger partial charge in [-0.2, -0.15) is 13.2 Å². The summed E-state index contributed by atoms with van der Waals surface area (Å²) in [6.07, 6.45) is -2.98. The Morgan fingerprint density at radius 1 is 1.29 bits per heavy atom. The van der Waals surface area contributed by atoms with E-state index in [1.807, 2.05) is 6.92 Å². The van der Waals surface area contributed by atoms with Crippen molar-refractivity contribution in [2.75, 3.05) is 19.8 Å². The highest BCUT2D eigenvalue weighted by Gasteiger charge is 2.27. The van der Waals surface area contributed by atoms with Crippen molar-refractivity contribution in [2.45, 2.75) is 32.0 Å². The third-order valence-electron chi connectivity index (χ3n) is 2.82. The van der Waals surface area contributed by atoms with Crippen LogP contribution in [0.1, 0.15) is 18.9 Å². The molecule has 1 rings (SSSR count). The van der Waals surface area contributed by atoms with E-state index in [2.05, 4.69) is 4.74 Å². The van der Waals surface area contributed by atoms with Crippen molar-refractivity contribution in [3.63, 3.8) is 0 Å². The molecule has 0 fully saturated rings. The summed E-state index contributed by atoms with van der Waals surface area (Å²) < 4.78 is 45.7. The molecule has 2 N–H and O–H groups in total. The summed E-state index contributed by atoms with van der Waals surface area (Å²) in [5.41, 5.74) is 6.67. The lowest BCUT2D eigenvalue weighted by Gasteiger charge is -2.16. The van der Waals surface area contributed by atoms with E-state index in [1.165, 1.54) is 0 Å². The molecule has 0 aliphatic carbocycles. The predicted octanol–water partition coefficient (Wildman–Crippen LogP) is 3.58. The third kappa shape index (κ3) is 7.02. The number of benzene rings is 1. The van der Waals surface area contributed by atoms with Crippen LogP contribution in [0, 0.1) is 0 Å². The fraction of sp³-hybridized carbons (Fsp3) is 0.571. The maximum Gasteiger partial charge on any atom is 0.411 e. The molecule has 0 spiro atoms. The first-order chi connectivity index (χ1) is 9.83. The molecule has 120 valence electrons. The van der Waals surface area contributed by atoms with Gasteiger partial charge >= 0.3 is 6.18 Å². The summed E-state index contributed by atoms with van der Waals surface area (Å²) in [4.78, 5) is 0. The zero-order chi connectivity index (χ0) is 15.9. The van der Waals surface area contributed by atoms with E-state index in [1.54, 1.807) is 18.2 Å². The molecule has 0 aromatic heterocycles. The molecule has 0 bridgehead atoms. The number of rotatable bonds is 8. The average Bonchev–Trinajstić information content (AvgIpc) is 2.40. The smallest absolute Gasteiger partial charge is 0.411 e. The van der Waals surface area contributed by atoms with Gasteiger partial charge in [-0.1, -0.05) is 24.6 Å². The van der Waals surface area contributed by atoms with Crippen LogP contribution in [0.5, 0.6) is 5.75 Å². The molecule has 21 heavy (non-hydrogen) atoms. The predicted molar refractivity (Wildman–Crippen MR) is 75.8 cm³/mol. The molecule has 0 heterocycles. The summed E-state index contributed by atoms with van der Waals surface area (Å²) in [6, 6.07) is 5.11. The highest BCUT2D eigenvalue weighted by atomic mass is 35.5. The minimum atomic E-state index is -4.32. The Balaban J connectivity index is 2.52. The Morgan fingerprint density at radius 2 is 2.00 bits per heavy atom. The summed E-state index contributed by atoms with van der Waals surface area (Å²) in [7, 11) is 0. The van der Waals surface area contributed by atoms with E-state index in [4.69, 9.17) is 22.1 Å². The van der Waals surface area contributed by atoms with E-state index in [9.17, 15) is 13.2 Å². The van der Waals surface area contributed by atoms with Crippen LogP contribution in [0.3, 0.4) is 0 Å². The van der Waals surface area contributed by atoms with Crippen LogP contribution in [0.2, 0.25) is 5.02 Å². The van der Waals surface area contributed by atoms with Crippen molar-refractivity contribution in [3.05, 3.63) is 28.8 Å². The minimum Gasteiger partial charge on any atom is -0.491 e. The van der Waals surface area contributed by atoms with Gasteiger partial charge < -0.3 is 15.2 Å². The van der Waals surface area contributed by atoms with Gasteiger partial charge in [0.15, 0.2) is 0 Å². The maximum atomic E-state index is 11.9. The number of halogens is 4. The summed E-state index contributed by atoms with van der Waals surface area (Å²) in [5, 5.41) is 0.535. The van der Waals surface area contributed by atoms with E-state index < -0.39 is 12.8 Å². The van der Waals surface area contributed by atoms with Gasteiger partial charge in [-0.25, -0.2) is 0 Å². The number of ether oxygens (including phenoxy) is 2. The van der Waals surface area contributed by atoms with Gasteiger partial charge in [-0.3, -0.25) is 0 Å². The molecular formula is C14H19ClF3NO2. The zero-order valence-electron chi connectivity index (χ0n) is 11.8. The highest BCUT2D eigenvalue weighted by Crippen LogP contribution is 2.28. The maximum absolute atomic E-state index is 11.9. The van der Waals surface area contributed by atoms with Crippen molar-refractivity contribution in [1.82, 2.24) is 0 Å². The lowest BCUT2D eigenvalue weighted by Crippen LogP contribution is -2.22. The van der Waals surface area contributed by atoms with Gasteiger partial charge in [0.2, 0.25) is 0 Å². The number of nitrogens with two attached hydrogens (primary N) is 1. The molecule has 0 saturated heterocycles. The number of hydrogen-bond donors (Lipinski definition) is 1. The van der Waals surface area contributed by atoms with Crippen LogP contribution >= 0.6 is 11.6 Å². The zero-order valence-corrected chi connectivity index (χ0v) is 12.5. The molecule has 1 aromatic carbocycles.